The molecule has 1 aromatic heterocycles. The number of hydrogen-bond donors (Lipinski definition) is 0. The highest BCUT2D eigenvalue weighted by molar-refractivity contribution is 5.90. The average molecular weight is 290 g/mol. The molecule has 5 heteroatoms. The molecule has 0 aliphatic carbocycles. The number of nitrogens with zero attached hydrogens (tertiary/aromatic N) is 2. The Morgan fingerprint density at radius 2 is 1.82 bits per heavy atom. The summed E-state index contributed by atoms with van der Waals surface area (Å²) in [4.78, 5) is 12.0. The molecule has 0 unspecified atom stereocenters. The quantitative estimate of drug-likeness (QED) is 0.545. The van der Waals surface area contributed by atoms with Gasteiger partial charge in [-0.3, -0.25) is 0 Å². The van der Waals surface area contributed by atoms with Crippen molar-refractivity contribution in [1.29, 1.82) is 5.26 Å². The van der Waals surface area contributed by atoms with E-state index in [0.717, 1.165) is 5.56 Å². The summed E-state index contributed by atoms with van der Waals surface area (Å²) in [6, 6.07) is 19.1. The zero-order valence-electron chi connectivity index (χ0n) is 11.4. The number of ether oxygens (including phenoxy) is 1. The summed E-state index contributed by atoms with van der Waals surface area (Å²) < 4.78 is 10.3. The second-order valence-electron chi connectivity index (χ2n) is 4.47. The predicted molar refractivity (Wildman–Crippen MR) is 78.1 cm³/mol. The molecule has 0 spiro atoms. The van der Waals surface area contributed by atoms with Crippen molar-refractivity contribution in [2.75, 3.05) is 0 Å². The van der Waals surface area contributed by atoms with Gasteiger partial charge in [0, 0.05) is 11.6 Å². The van der Waals surface area contributed by atoms with Gasteiger partial charge in [0.1, 0.15) is 5.75 Å². The van der Waals surface area contributed by atoms with Gasteiger partial charge in [0.05, 0.1) is 11.6 Å². The van der Waals surface area contributed by atoms with Crippen LogP contribution in [0.2, 0.25) is 0 Å². The van der Waals surface area contributed by atoms with Crippen molar-refractivity contribution in [3.05, 3.63) is 71.9 Å². The van der Waals surface area contributed by atoms with E-state index in [-0.39, 0.29) is 5.69 Å². The molecule has 0 atom stereocenters. The molecule has 0 aliphatic rings. The van der Waals surface area contributed by atoms with Crippen molar-refractivity contribution < 1.29 is 14.1 Å². The zero-order chi connectivity index (χ0) is 15.4. The molecule has 1 heterocycles. The Kier molecular flexibility index (Phi) is 3.67. The van der Waals surface area contributed by atoms with Gasteiger partial charge in [0.2, 0.25) is 0 Å². The van der Waals surface area contributed by atoms with E-state index < -0.39 is 5.97 Å². The molecule has 5 nitrogen and oxygen atoms in total. The first-order valence-corrected chi connectivity index (χ1v) is 6.51. The molecule has 0 saturated carbocycles. The number of nitriles is 1. The van der Waals surface area contributed by atoms with Crippen LogP contribution in [-0.4, -0.2) is 11.1 Å². The first kappa shape index (κ1) is 13.6. The van der Waals surface area contributed by atoms with Gasteiger partial charge >= 0.3 is 5.97 Å². The second-order valence-corrected chi connectivity index (χ2v) is 4.47. The Hall–Kier alpha value is -3.39. The molecule has 0 saturated heterocycles. The van der Waals surface area contributed by atoms with Crippen molar-refractivity contribution in [3.63, 3.8) is 0 Å². The number of carbonyl (C=O) groups is 1. The topological polar surface area (TPSA) is 76.1 Å². The first-order valence-electron chi connectivity index (χ1n) is 6.51. The average Bonchev–Trinajstić information content (AvgIpc) is 3.06. The molecule has 0 fully saturated rings. The lowest BCUT2D eigenvalue weighted by Crippen LogP contribution is -2.08. The van der Waals surface area contributed by atoms with E-state index in [4.69, 9.17) is 14.5 Å². The fourth-order valence-corrected chi connectivity index (χ4v) is 1.87. The van der Waals surface area contributed by atoms with Gasteiger partial charge < -0.3 is 9.26 Å². The lowest BCUT2D eigenvalue weighted by molar-refractivity contribution is 0.0724. The van der Waals surface area contributed by atoms with Crippen LogP contribution in [0.15, 0.2) is 65.2 Å². The molecule has 0 bridgehead atoms. The third kappa shape index (κ3) is 2.86. The van der Waals surface area contributed by atoms with E-state index in [1.807, 2.05) is 36.4 Å². The van der Waals surface area contributed by atoms with Gasteiger partial charge in [-0.2, -0.15) is 5.26 Å². The Bertz CT molecular complexity index is 830. The monoisotopic (exact) mass is 290 g/mol. The Morgan fingerprint density at radius 1 is 1.09 bits per heavy atom. The van der Waals surface area contributed by atoms with Crippen LogP contribution in [0.1, 0.15) is 16.1 Å². The molecule has 3 rings (SSSR count). The van der Waals surface area contributed by atoms with Gasteiger partial charge in [-0.05, 0) is 24.3 Å². The summed E-state index contributed by atoms with van der Waals surface area (Å²) in [7, 11) is 0. The minimum atomic E-state index is -0.615. The van der Waals surface area contributed by atoms with Gasteiger partial charge in [-0.25, -0.2) is 4.79 Å². The van der Waals surface area contributed by atoms with Crippen LogP contribution >= 0.6 is 0 Å². The highest BCUT2D eigenvalue weighted by Crippen LogP contribution is 2.21. The van der Waals surface area contributed by atoms with Crippen LogP contribution < -0.4 is 4.74 Å². The van der Waals surface area contributed by atoms with Crippen LogP contribution in [0.25, 0.3) is 11.3 Å². The number of carbonyl (C=O) groups excluding carboxylic acids is 1. The largest absolute Gasteiger partial charge is 0.422 e. The minimum absolute atomic E-state index is 0.0863. The maximum absolute atomic E-state index is 12.0. The van der Waals surface area contributed by atoms with Crippen molar-refractivity contribution in [3.8, 4) is 23.1 Å². The fourth-order valence-electron chi connectivity index (χ4n) is 1.87. The van der Waals surface area contributed by atoms with Crippen molar-refractivity contribution >= 4 is 5.97 Å². The van der Waals surface area contributed by atoms with Crippen LogP contribution in [0.3, 0.4) is 0 Å². The SMILES string of the molecule is N#Cc1ccc(OC(=O)c2cc(-c3ccccc3)on2)cc1. The summed E-state index contributed by atoms with van der Waals surface area (Å²) in [6.07, 6.45) is 0. The standard InChI is InChI=1S/C17H10N2O3/c18-11-12-6-8-14(9-7-12)21-17(20)15-10-16(22-19-15)13-4-2-1-3-5-13/h1-10H. The molecule has 106 valence electrons. The maximum atomic E-state index is 12.0. The van der Waals surface area contributed by atoms with E-state index in [1.54, 1.807) is 24.3 Å². The maximum Gasteiger partial charge on any atom is 0.365 e. The van der Waals surface area contributed by atoms with Crippen molar-refractivity contribution in [1.82, 2.24) is 5.16 Å². The molecule has 0 N–H and O–H groups in total. The number of benzene rings is 2. The van der Waals surface area contributed by atoms with E-state index >= 15 is 0 Å². The number of esters is 1. The fraction of sp³-hybridized carbons (Fsp3) is 0. The van der Waals surface area contributed by atoms with E-state index in [9.17, 15) is 4.79 Å². The molecular weight excluding hydrogens is 280 g/mol. The lowest BCUT2D eigenvalue weighted by atomic mass is 10.2. The number of hydrogen-bond acceptors (Lipinski definition) is 5. The summed E-state index contributed by atoms with van der Waals surface area (Å²) in [6.45, 7) is 0. The summed E-state index contributed by atoms with van der Waals surface area (Å²) in [5, 5.41) is 12.4. The molecule has 0 radical (unpaired) electrons. The van der Waals surface area contributed by atoms with E-state index in [1.165, 1.54) is 6.07 Å². The number of aromatic nitrogens is 1. The van der Waals surface area contributed by atoms with Gasteiger partial charge in [-0.15, -0.1) is 0 Å². The van der Waals surface area contributed by atoms with E-state index in [0.29, 0.717) is 17.1 Å². The van der Waals surface area contributed by atoms with Crippen LogP contribution in [0.5, 0.6) is 5.75 Å². The third-order valence-corrected chi connectivity index (χ3v) is 2.97. The predicted octanol–water partition coefficient (Wildman–Crippen LogP) is 3.43. The summed E-state index contributed by atoms with van der Waals surface area (Å²) in [5.41, 5.74) is 1.41. The summed E-state index contributed by atoms with van der Waals surface area (Å²) >= 11 is 0. The highest BCUT2D eigenvalue weighted by atomic mass is 16.5. The smallest absolute Gasteiger partial charge is 0.365 e. The van der Waals surface area contributed by atoms with Gasteiger partial charge in [-0.1, -0.05) is 35.5 Å². The van der Waals surface area contributed by atoms with E-state index in [2.05, 4.69) is 5.16 Å². The molecular formula is C17H10N2O3. The molecule has 22 heavy (non-hydrogen) atoms. The Morgan fingerprint density at radius 3 is 2.50 bits per heavy atom. The summed E-state index contributed by atoms with van der Waals surface area (Å²) in [5.74, 6) is 0.219. The molecule has 2 aromatic carbocycles. The molecule has 0 amide bonds. The van der Waals surface area contributed by atoms with Crippen LogP contribution in [0, 0.1) is 11.3 Å². The highest BCUT2D eigenvalue weighted by Gasteiger charge is 2.15. The number of rotatable bonds is 3. The first-order chi connectivity index (χ1) is 10.8. The minimum Gasteiger partial charge on any atom is -0.422 e. The zero-order valence-corrected chi connectivity index (χ0v) is 11.4. The van der Waals surface area contributed by atoms with Crippen molar-refractivity contribution in [2.24, 2.45) is 0 Å². The van der Waals surface area contributed by atoms with Gasteiger partial charge in [0.25, 0.3) is 0 Å². The second kappa shape index (κ2) is 5.94. The third-order valence-electron chi connectivity index (χ3n) is 2.97. The Labute approximate surface area is 126 Å². The molecule has 3 aromatic rings. The normalized spacial score (nSPS) is 9.95. The van der Waals surface area contributed by atoms with Crippen LogP contribution in [0.4, 0.5) is 0 Å². The van der Waals surface area contributed by atoms with Crippen molar-refractivity contribution in [2.45, 2.75) is 0 Å². The lowest BCUT2D eigenvalue weighted by Gasteiger charge is -2.00. The van der Waals surface area contributed by atoms with Crippen LogP contribution in [-0.2, 0) is 0 Å². The molecule has 0 aliphatic heterocycles. The van der Waals surface area contributed by atoms with Gasteiger partial charge in [0.15, 0.2) is 11.5 Å². The Balaban J connectivity index is 1.75.